The van der Waals surface area contributed by atoms with Gasteiger partial charge in [-0.05, 0) is 35.9 Å². The number of rotatable bonds is 4. The maximum Gasteiger partial charge on any atom is 0.261 e. The molecule has 24 heavy (non-hydrogen) atoms. The van der Waals surface area contributed by atoms with Crippen LogP contribution in [-0.4, -0.2) is 15.5 Å². The number of fused-ring (bicyclic) bond motifs is 1. The molecule has 0 aliphatic heterocycles. The molecule has 1 aromatic heterocycles. The lowest BCUT2D eigenvalue weighted by Gasteiger charge is -2.08. The van der Waals surface area contributed by atoms with Gasteiger partial charge in [0.25, 0.3) is 5.56 Å². The molecule has 0 unspecified atom stereocenters. The van der Waals surface area contributed by atoms with Gasteiger partial charge in [-0.2, -0.15) is 0 Å². The predicted molar refractivity (Wildman–Crippen MR) is 89.3 cm³/mol. The van der Waals surface area contributed by atoms with E-state index in [4.69, 9.17) is 11.6 Å². The molecule has 7 heteroatoms. The molecule has 1 N–H and O–H groups in total. The van der Waals surface area contributed by atoms with Crippen molar-refractivity contribution in [3.05, 3.63) is 75.5 Å². The summed E-state index contributed by atoms with van der Waals surface area (Å²) in [6, 6.07) is 10.8. The molecule has 0 saturated heterocycles. The number of nitrogens with one attached hydrogen (secondary N) is 1. The summed E-state index contributed by atoms with van der Waals surface area (Å²) in [5, 5.41) is 3.47. The summed E-state index contributed by atoms with van der Waals surface area (Å²) >= 11 is 5.80. The maximum atomic E-state index is 13.3. The second-order valence-electron chi connectivity index (χ2n) is 5.24. The van der Waals surface area contributed by atoms with E-state index in [0.717, 1.165) is 16.2 Å². The molecule has 1 amide bonds. The Morgan fingerprint density at radius 2 is 1.96 bits per heavy atom. The molecule has 0 radical (unpaired) electrons. The topological polar surface area (TPSA) is 64.0 Å². The van der Waals surface area contributed by atoms with Gasteiger partial charge in [-0.3, -0.25) is 14.2 Å². The SMILES string of the molecule is O=C(Cn1cnc2ccc(F)cc2c1=O)NCc1ccc(Cl)cc1. The molecule has 0 spiro atoms. The molecule has 1 heterocycles. The average molecular weight is 346 g/mol. The third-order valence-corrected chi connectivity index (χ3v) is 3.75. The lowest BCUT2D eigenvalue weighted by atomic mass is 10.2. The zero-order chi connectivity index (χ0) is 17.1. The molecule has 0 fully saturated rings. The van der Waals surface area contributed by atoms with E-state index in [9.17, 15) is 14.0 Å². The lowest BCUT2D eigenvalue weighted by Crippen LogP contribution is -2.32. The quantitative estimate of drug-likeness (QED) is 0.790. The maximum absolute atomic E-state index is 13.3. The van der Waals surface area contributed by atoms with Crippen molar-refractivity contribution in [2.45, 2.75) is 13.1 Å². The van der Waals surface area contributed by atoms with Crippen LogP contribution < -0.4 is 10.9 Å². The van der Waals surface area contributed by atoms with Crippen LogP contribution in [0.5, 0.6) is 0 Å². The van der Waals surface area contributed by atoms with E-state index < -0.39 is 11.4 Å². The third kappa shape index (κ3) is 3.60. The molecule has 0 aliphatic carbocycles. The molecule has 3 rings (SSSR count). The van der Waals surface area contributed by atoms with Gasteiger partial charge in [-0.25, -0.2) is 9.37 Å². The minimum atomic E-state index is -0.522. The van der Waals surface area contributed by atoms with Crippen LogP contribution >= 0.6 is 11.6 Å². The van der Waals surface area contributed by atoms with Gasteiger partial charge in [0.1, 0.15) is 12.4 Å². The minimum absolute atomic E-state index is 0.142. The van der Waals surface area contributed by atoms with Crippen molar-refractivity contribution in [3.8, 4) is 0 Å². The summed E-state index contributed by atoms with van der Waals surface area (Å²) < 4.78 is 14.4. The molecule has 3 aromatic rings. The van der Waals surface area contributed by atoms with Crippen LogP contribution in [0, 0.1) is 5.82 Å². The fourth-order valence-electron chi connectivity index (χ4n) is 2.26. The molecule has 0 aliphatic rings. The normalized spacial score (nSPS) is 10.8. The van der Waals surface area contributed by atoms with E-state index in [1.807, 2.05) is 0 Å². The van der Waals surface area contributed by atoms with Crippen LogP contribution in [-0.2, 0) is 17.9 Å². The minimum Gasteiger partial charge on any atom is -0.350 e. The number of carbonyl (C=O) groups excluding carboxylic acids is 1. The van der Waals surface area contributed by atoms with E-state index in [-0.39, 0.29) is 17.8 Å². The van der Waals surface area contributed by atoms with E-state index in [1.54, 1.807) is 24.3 Å². The van der Waals surface area contributed by atoms with Gasteiger partial charge in [0.15, 0.2) is 0 Å². The third-order valence-electron chi connectivity index (χ3n) is 3.50. The Hall–Kier alpha value is -2.73. The zero-order valence-corrected chi connectivity index (χ0v) is 13.3. The van der Waals surface area contributed by atoms with Crippen LogP contribution in [0.4, 0.5) is 4.39 Å². The average Bonchev–Trinajstić information content (AvgIpc) is 2.57. The summed E-state index contributed by atoms with van der Waals surface area (Å²) in [4.78, 5) is 28.4. The number of amides is 1. The van der Waals surface area contributed by atoms with Crippen molar-refractivity contribution in [2.24, 2.45) is 0 Å². The lowest BCUT2D eigenvalue weighted by molar-refractivity contribution is -0.121. The molecular weight excluding hydrogens is 333 g/mol. The van der Waals surface area contributed by atoms with Crippen molar-refractivity contribution in [2.75, 3.05) is 0 Å². The van der Waals surface area contributed by atoms with Crippen molar-refractivity contribution < 1.29 is 9.18 Å². The van der Waals surface area contributed by atoms with Crippen LogP contribution in [0.2, 0.25) is 5.02 Å². The number of hydrogen-bond acceptors (Lipinski definition) is 3. The smallest absolute Gasteiger partial charge is 0.261 e. The number of nitrogens with zero attached hydrogens (tertiary/aromatic N) is 2. The van der Waals surface area contributed by atoms with Crippen molar-refractivity contribution >= 4 is 28.4 Å². The first-order valence-electron chi connectivity index (χ1n) is 7.19. The van der Waals surface area contributed by atoms with E-state index in [0.29, 0.717) is 17.1 Å². The van der Waals surface area contributed by atoms with Crippen molar-refractivity contribution in [3.63, 3.8) is 0 Å². The van der Waals surface area contributed by atoms with Crippen LogP contribution in [0.1, 0.15) is 5.56 Å². The largest absolute Gasteiger partial charge is 0.350 e. The highest BCUT2D eigenvalue weighted by Gasteiger charge is 2.09. The summed E-state index contributed by atoms with van der Waals surface area (Å²) in [7, 11) is 0. The number of halogens is 2. The van der Waals surface area contributed by atoms with Gasteiger partial charge in [-0.1, -0.05) is 23.7 Å². The summed E-state index contributed by atoms with van der Waals surface area (Å²) in [5.41, 5.74) is 0.819. The Kier molecular flexibility index (Phi) is 4.57. The first-order valence-corrected chi connectivity index (χ1v) is 7.56. The van der Waals surface area contributed by atoms with Gasteiger partial charge in [-0.15, -0.1) is 0 Å². The number of hydrogen-bond donors (Lipinski definition) is 1. The summed E-state index contributed by atoms with van der Waals surface area (Å²) in [6.07, 6.45) is 1.28. The Balaban J connectivity index is 1.72. The molecule has 122 valence electrons. The Morgan fingerprint density at radius 1 is 1.21 bits per heavy atom. The Morgan fingerprint density at radius 3 is 2.71 bits per heavy atom. The standard InChI is InChI=1S/C17H13ClFN3O2/c18-12-3-1-11(2-4-12)8-20-16(23)9-22-10-21-15-6-5-13(19)7-14(15)17(22)24/h1-7,10H,8-9H2,(H,20,23). The Labute approximate surface area is 141 Å². The van der Waals surface area contributed by atoms with Gasteiger partial charge in [0.05, 0.1) is 17.2 Å². The highest BCUT2D eigenvalue weighted by Crippen LogP contribution is 2.10. The van der Waals surface area contributed by atoms with Gasteiger partial charge >= 0.3 is 0 Å². The van der Waals surface area contributed by atoms with Crippen LogP contribution in [0.25, 0.3) is 10.9 Å². The first-order chi connectivity index (χ1) is 11.5. The van der Waals surface area contributed by atoms with Gasteiger partial charge < -0.3 is 5.32 Å². The van der Waals surface area contributed by atoms with Crippen molar-refractivity contribution in [1.82, 2.24) is 14.9 Å². The second-order valence-corrected chi connectivity index (χ2v) is 5.68. The van der Waals surface area contributed by atoms with Crippen LogP contribution in [0.15, 0.2) is 53.6 Å². The molecule has 5 nitrogen and oxygen atoms in total. The second kappa shape index (κ2) is 6.80. The number of benzene rings is 2. The van der Waals surface area contributed by atoms with E-state index >= 15 is 0 Å². The molecule has 0 atom stereocenters. The molecule has 0 bridgehead atoms. The monoisotopic (exact) mass is 345 g/mol. The predicted octanol–water partition coefficient (Wildman–Crippen LogP) is 2.51. The van der Waals surface area contributed by atoms with Gasteiger partial charge in [0.2, 0.25) is 5.91 Å². The van der Waals surface area contributed by atoms with Crippen molar-refractivity contribution in [1.29, 1.82) is 0 Å². The first kappa shape index (κ1) is 16.1. The summed E-state index contributed by atoms with van der Waals surface area (Å²) in [6.45, 7) is 0.131. The highest BCUT2D eigenvalue weighted by atomic mass is 35.5. The molecule has 0 saturated carbocycles. The molecular formula is C17H13ClFN3O2. The Bertz CT molecular complexity index is 954. The highest BCUT2D eigenvalue weighted by molar-refractivity contribution is 6.30. The zero-order valence-electron chi connectivity index (χ0n) is 12.5. The van der Waals surface area contributed by atoms with Crippen LogP contribution in [0.3, 0.4) is 0 Å². The number of carbonyl (C=O) groups is 1. The fourth-order valence-corrected chi connectivity index (χ4v) is 2.38. The molecule has 2 aromatic carbocycles. The van der Waals surface area contributed by atoms with Gasteiger partial charge in [0, 0.05) is 11.6 Å². The summed E-state index contributed by atoms with van der Waals surface area (Å²) in [5.74, 6) is -0.865. The van der Waals surface area contributed by atoms with E-state index in [1.165, 1.54) is 18.5 Å². The fraction of sp³-hybridized carbons (Fsp3) is 0.118. The number of aromatic nitrogens is 2. The van der Waals surface area contributed by atoms with E-state index in [2.05, 4.69) is 10.3 Å².